The van der Waals surface area contributed by atoms with E-state index in [9.17, 15) is 20.1 Å². The molecule has 30 heavy (non-hydrogen) atoms. The van der Waals surface area contributed by atoms with E-state index in [1.807, 2.05) is 24.3 Å². The molecular formula is C23H23ClO6. The highest BCUT2D eigenvalue weighted by atomic mass is 35.5. The third-order valence-corrected chi connectivity index (χ3v) is 5.47. The molecule has 0 bridgehead atoms. The van der Waals surface area contributed by atoms with Crippen molar-refractivity contribution in [1.29, 1.82) is 0 Å². The first-order valence-electron chi connectivity index (χ1n) is 9.55. The summed E-state index contributed by atoms with van der Waals surface area (Å²) in [5.41, 5.74) is 3.17. The van der Waals surface area contributed by atoms with Crippen LogP contribution in [0.25, 0.3) is 0 Å². The molecule has 3 rings (SSSR count). The van der Waals surface area contributed by atoms with Gasteiger partial charge in [0.15, 0.2) is 0 Å². The highest BCUT2D eigenvalue weighted by molar-refractivity contribution is 6.31. The fourth-order valence-electron chi connectivity index (χ4n) is 3.49. The van der Waals surface area contributed by atoms with E-state index >= 15 is 0 Å². The molecule has 0 spiro atoms. The predicted molar refractivity (Wildman–Crippen MR) is 111 cm³/mol. The molecule has 0 amide bonds. The molecule has 1 fully saturated rings. The van der Waals surface area contributed by atoms with Crippen molar-refractivity contribution in [1.82, 2.24) is 0 Å². The lowest BCUT2D eigenvalue weighted by atomic mass is 9.89. The molecule has 0 aromatic heterocycles. The maximum Gasteiger partial charge on any atom is 0.122 e. The van der Waals surface area contributed by atoms with Gasteiger partial charge in [0.25, 0.3) is 0 Å². The summed E-state index contributed by atoms with van der Waals surface area (Å²) in [5.74, 6) is 5.43. The molecule has 0 radical (unpaired) electrons. The molecular weight excluding hydrogens is 408 g/mol. The summed E-state index contributed by atoms with van der Waals surface area (Å²) < 4.78 is 5.74. The number of carbonyl (C=O) groups is 1. The summed E-state index contributed by atoms with van der Waals surface area (Å²) in [7, 11) is 0. The van der Waals surface area contributed by atoms with Crippen molar-refractivity contribution in [2.75, 3.05) is 6.61 Å². The van der Waals surface area contributed by atoms with Crippen molar-refractivity contribution in [2.24, 2.45) is 0 Å². The predicted octanol–water partition coefficient (Wildman–Crippen LogP) is 1.39. The van der Waals surface area contributed by atoms with E-state index < -0.39 is 30.5 Å². The van der Waals surface area contributed by atoms with Gasteiger partial charge in [0, 0.05) is 17.0 Å². The number of aliphatic hydroxyl groups is 4. The largest absolute Gasteiger partial charge is 0.388 e. The van der Waals surface area contributed by atoms with E-state index in [0.29, 0.717) is 23.3 Å². The zero-order valence-electron chi connectivity index (χ0n) is 16.1. The van der Waals surface area contributed by atoms with Crippen LogP contribution in [0.4, 0.5) is 0 Å². The number of rotatable bonds is 5. The van der Waals surface area contributed by atoms with Crippen LogP contribution in [0, 0.1) is 11.8 Å². The topological polar surface area (TPSA) is 107 Å². The second-order valence-corrected chi connectivity index (χ2v) is 7.56. The van der Waals surface area contributed by atoms with Crippen LogP contribution in [-0.2, 0) is 16.0 Å². The van der Waals surface area contributed by atoms with E-state index in [-0.39, 0.29) is 13.0 Å². The molecule has 158 valence electrons. The lowest BCUT2D eigenvalue weighted by molar-refractivity contribution is -0.224. The van der Waals surface area contributed by atoms with Gasteiger partial charge in [-0.05, 0) is 41.3 Å². The molecule has 7 heteroatoms. The molecule has 1 aliphatic heterocycles. The van der Waals surface area contributed by atoms with E-state index in [4.69, 9.17) is 21.4 Å². The number of hydrogen-bond donors (Lipinski definition) is 4. The summed E-state index contributed by atoms with van der Waals surface area (Å²) in [6.45, 7) is -0.196. The molecule has 0 unspecified atom stereocenters. The summed E-state index contributed by atoms with van der Waals surface area (Å²) in [6, 6.07) is 12.7. The van der Waals surface area contributed by atoms with Crippen LogP contribution in [0.3, 0.4) is 0 Å². The summed E-state index contributed by atoms with van der Waals surface area (Å²) in [5, 5.41) is 39.9. The van der Waals surface area contributed by atoms with E-state index in [2.05, 4.69) is 11.8 Å². The Hall–Kier alpha value is -2.24. The lowest BCUT2D eigenvalue weighted by Gasteiger charge is -2.40. The number of benzene rings is 2. The van der Waals surface area contributed by atoms with Crippen LogP contribution >= 0.6 is 11.6 Å². The molecule has 0 aliphatic carbocycles. The zero-order valence-corrected chi connectivity index (χ0v) is 16.9. The van der Waals surface area contributed by atoms with Gasteiger partial charge in [-0.2, -0.15) is 0 Å². The summed E-state index contributed by atoms with van der Waals surface area (Å²) in [4.78, 5) is 10.9. The first kappa shape index (κ1) is 22.4. The second kappa shape index (κ2) is 10.2. The highest BCUT2D eigenvalue weighted by Crippen LogP contribution is 2.35. The van der Waals surface area contributed by atoms with Crippen molar-refractivity contribution >= 4 is 17.9 Å². The molecule has 1 heterocycles. The van der Waals surface area contributed by atoms with Gasteiger partial charge in [0.05, 0.1) is 6.10 Å². The van der Waals surface area contributed by atoms with Crippen LogP contribution in [0.15, 0.2) is 42.5 Å². The normalized spacial score (nSPS) is 26.0. The van der Waals surface area contributed by atoms with Gasteiger partial charge in [0.1, 0.15) is 37.3 Å². The number of carbonyl (C=O) groups excluding carboxylic acids is 1. The Bertz CT molecular complexity index is 933. The molecule has 1 aliphatic rings. The zero-order chi connectivity index (χ0) is 21.7. The Balaban J connectivity index is 1.83. The van der Waals surface area contributed by atoms with Gasteiger partial charge < -0.3 is 30.0 Å². The molecule has 2 aromatic carbocycles. The first-order valence-corrected chi connectivity index (χ1v) is 9.92. The van der Waals surface area contributed by atoms with E-state index in [1.54, 1.807) is 18.2 Å². The smallest absolute Gasteiger partial charge is 0.122 e. The van der Waals surface area contributed by atoms with Crippen molar-refractivity contribution in [3.8, 4) is 11.8 Å². The number of ether oxygens (including phenoxy) is 1. The standard InChI is InChI=1S/C23H23ClO6/c24-18-8-7-16(23-22(29)21(28)20(27)19(30-23)9-11-26)13-17(18)12-15-5-3-14(4-6-15)2-1-10-25/h3-8,11,13,19-23,25,27-29H,9-10,12H2/t19-,20-,21+,22-,23+/m1/s1. The Kier molecular flexibility index (Phi) is 7.62. The SMILES string of the molecule is O=CC[C@H]1O[C@@H](c2ccc(Cl)c(Cc3ccc(C#CCO)cc3)c2)[C@H](O)[C@@H](O)[C@@H]1O. The summed E-state index contributed by atoms with van der Waals surface area (Å²) in [6.07, 6.45) is -4.89. The van der Waals surface area contributed by atoms with E-state index in [1.165, 1.54) is 0 Å². The van der Waals surface area contributed by atoms with Crippen LogP contribution in [0.5, 0.6) is 0 Å². The maximum atomic E-state index is 10.9. The lowest BCUT2D eigenvalue weighted by Crippen LogP contribution is -2.54. The molecule has 2 aromatic rings. The van der Waals surface area contributed by atoms with Gasteiger partial charge in [-0.1, -0.05) is 47.7 Å². The van der Waals surface area contributed by atoms with Crippen molar-refractivity contribution in [3.63, 3.8) is 0 Å². The Morgan fingerprint density at radius 2 is 1.77 bits per heavy atom. The van der Waals surface area contributed by atoms with Crippen LogP contribution < -0.4 is 0 Å². The van der Waals surface area contributed by atoms with Crippen molar-refractivity contribution in [2.45, 2.75) is 43.4 Å². The minimum Gasteiger partial charge on any atom is -0.388 e. The average Bonchev–Trinajstić information content (AvgIpc) is 2.75. The fourth-order valence-corrected chi connectivity index (χ4v) is 3.67. The van der Waals surface area contributed by atoms with Crippen LogP contribution in [0.2, 0.25) is 5.02 Å². The number of halogens is 1. The quantitative estimate of drug-likeness (QED) is 0.422. The van der Waals surface area contributed by atoms with E-state index in [0.717, 1.165) is 16.7 Å². The second-order valence-electron chi connectivity index (χ2n) is 7.15. The minimum absolute atomic E-state index is 0.0899. The number of hydrogen-bond acceptors (Lipinski definition) is 6. The number of aliphatic hydroxyl groups excluding tert-OH is 4. The molecule has 5 atom stereocenters. The first-order chi connectivity index (χ1) is 14.4. The fraction of sp³-hybridized carbons (Fsp3) is 0.348. The molecule has 0 saturated carbocycles. The minimum atomic E-state index is -1.43. The van der Waals surface area contributed by atoms with Crippen molar-refractivity contribution in [3.05, 3.63) is 69.7 Å². The van der Waals surface area contributed by atoms with Gasteiger partial charge in [0.2, 0.25) is 0 Å². The third-order valence-electron chi connectivity index (χ3n) is 5.10. The van der Waals surface area contributed by atoms with Gasteiger partial charge >= 0.3 is 0 Å². The van der Waals surface area contributed by atoms with Crippen LogP contribution in [0.1, 0.15) is 34.8 Å². The van der Waals surface area contributed by atoms with Gasteiger partial charge in [-0.25, -0.2) is 0 Å². The average molecular weight is 431 g/mol. The maximum absolute atomic E-state index is 10.9. The van der Waals surface area contributed by atoms with Crippen molar-refractivity contribution < 1.29 is 30.0 Å². The highest BCUT2D eigenvalue weighted by Gasteiger charge is 2.44. The Morgan fingerprint density at radius 1 is 1.03 bits per heavy atom. The molecule has 1 saturated heterocycles. The third kappa shape index (κ3) is 5.08. The Morgan fingerprint density at radius 3 is 2.43 bits per heavy atom. The van der Waals surface area contributed by atoms with Gasteiger partial charge in [-0.15, -0.1) is 0 Å². The Labute approximate surface area is 179 Å². The van der Waals surface area contributed by atoms with Gasteiger partial charge in [-0.3, -0.25) is 0 Å². The van der Waals surface area contributed by atoms with Crippen LogP contribution in [-0.4, -0.2) is 57.7 Å². The monoisotopic (exact) mass is 430 g/mol. The number of aldehydes is 1. The summed E-state index contributed by atoms with van der Waals surface area (Å²) >= 11 is 6.36. The molecule has 4 N–H and O–H groups in total. The molecule has 6 nitrogen and oxygen atoms in total.